The summed E-state index contributed by atoms with van der Waals surface area (Å²) in [4.78, 5) is 18.9. The number of aromatic nitrogens is 2. The van der Waals surface area contributed by atoms with Gasteiger partial charge in [0.05, 0.1) is 10.6 Å². The van der Waals surface area contributed by atoms with Crippen LogP contribution in [0.15, 0.2) is 77.8 Å². The van der Waals surface area contributed by atoms with Gasteiger partial charge in [0.15, 0.2) is 5.15 Å². The predicted molar refractivity (Wildman–Crippen MR) is 129 cm³/mol. The fourth-order valence-corrected chi connectivity index (χ4v) is 5.72. The number of hydrogen-bond donors (Lipinski definition) is 0. The Hall–Kier alpha value is -3.20. The Morgan fingerprint density at radius 1 is 0.939 bits per heavy atom. The lowest BCUT2D eigenvalue weighted by molar-refractivity contribution is -0.127. The zero-order valence-electron chi connectivity index (χ0n) is 17.6. The summed E-state index contributed by atoms with van der Waals surface area (Å²) in [5, 5.41) is 2.19. The first-order valence-electron chi connectivity index (χ1n) is 10.5. The number of carbonyl (C=O) groups is 1. The molecular weight excluding hydrogens is 460 g/mol. The van der Waals surface area contributed by atoms with Crippen molar-refractivity contribution >= 4 is 50.0 Å². The summed E-state index contributed by atoms with van der Waals surface area (Å²) in [6.07, 6.45) is 4.92. The molecule has 9 heteroatoms. The minimum atomic E-state index is -3.63. The van der Waals surface area contributed by atoms with E-state index in [1.165, 1.54) is 10.4 Å². The van der Waals surface area contributed by atoms with Crippen LogP contribution in [0, 0.1) is 0 Å². The molecule has 1 aliphatic heterocycles. The molecule has 2 aromatic carbocycles. The minimum absolute atomic E-state index is 0.195. The van der Waals surface area contributed by atoms with Crippen LogP contribution in [0.1, 0.15) is 5.69 Å². The quantitative estimate of drug-likeness (QED) is 0.417. The lowest BCUT2D eigenvalue weighted by Gasteiger charge is -2.33. The van der Waals surface area contributed by atoms with Gasteiger partial charge in [-0.2, -0.15) is 4.31 Å². The Bertz CT molecular complexity index is 1490. The lowest BCUT2D eigenvalue weighted by atomic mass is 10.1. The van der Waals surface area contributed by atoms with Crippen molar-refractivity contribution in [1.29, 1.82) is 0 Å². The van der Waals surface area contributed by atoms with Gasteiger partial charge in [-0.05, 0) is 41.1 Å². The van der Waals surface area contributed by atoms with E-state index in [1.54, 1.807) is 27.5 Å². The molecule has 7 nitrogen and oxygen atoms in total. The van der Waals surface area contributed by atoms with E-state index in [2.05, 4.69) is 4.98 Å². The average molecular weight is 481 g/mol. The molecule has 0 unspecified atom stereocenters. The number of rotatable bonds is 4. The van der Waals surface area contributed by atoms with E-state index in [-0.39, 0.29) is 23.9 Å². The van der Waals surface area contributed by atoms with E-state index in [1.807, 2.05) is 54.7 Å². The zero-order valence-corrected chi connectivity index (χ0v) is 19.2. The maximum atomic E-state index is 13.1. The Labute approximate surface area is 196 Å². The maximum absolute atomic E-state index is 13.1. The number of pyridine rings is 1. The van der Waals surface area contributed by atoms with Crippen LogP contribution in [0.5, 0.6) is 0 Å². The second kappa shape index (κ2) is 8.62. The van der Waals surface area contributed by atoms with Gasteiger partial charge in [0.1, 0.15) is 5.65 Å². The predicted octanol–water partition coefficient (Wildman–Crippen LogP) is 3.69. The highest BCUT2D eigenvalue weighted by Gasteiger charge is 2.29. The second-order valence-corrected chi connectivity index (χ2v) is 10.1. The molecule has 0 radical (unpaired) electrons. The lowest BCUT2D eigenvalue weighted by Crippen LogP contribution is -2.50. The first kappa shape index (κ1) is 21.6. The van der Waals surface area contributed by atoms with Gasteiger partial charge in [-0.1, -0.05) is 48.0 Å². The number of carbonyl (C=O) groups excluding carboxylic acids is 1. The van der Waals surface area contributed by atoms with Crippen LogP contribution in [-0.4, -0.2) is 59.1 Å². The van der Waals surface area contributed by atoms with Gasteiger partial charge in [0.25, 0.3) is 0 Å². The molecule has 5 rings (SSSR count). The van der Waals surface area contributed by atoms with E-state index in [0.29, 0.717) is 29.6 Å². The topological polar surface area (TPSA) is 75.0 Å². The van der Waals surface area contributed by atoms with Crippen LogP contribution in [0.25, 0.3) is 22.5 Å². The SMILES string of the molecule is O=C(/C=C/c1c(Cl)nc2ccccn12)N1CCN(S(=O)(=O)c2ccc3ccccc3c2)CC1. The molecule has 1 fully saturated rings. The van der Waals surface area contributed by atoms with Gasteiger partial charge in [0.2, 0.25) is 15.9 Å². The molecule has 1 amide bonds. The zero-order chi connectivity index (χ0) is 23.0. The number of imidazole rings is 1. The summed E-state index contributed by atoms with van der Waals surface area (Å²) >= 11 is 6.22. The smallest absolute Gasteiger partial charge is 0.246 e. The summed E-state index contributed by atoms with van der Waals surface area (Å²) in [6, 6.07) is 18.4. The van der Waals surface area contributed by atoms with Crippen molar-refractivity contribution in [2.24, 2.45) is 0 Å². The van der Waals surface area contributed by atoms with Crippen LogP contribution >= 0.6 is 11.6 Å². The van der Waals surface area contributed by atoms with Crippen molar-refractivity contribution in [3.8, 4) is 0 Å². The Morgan fingerprint density at radius 2 is 1.67 bits per heavy atom. The van der Waals surface area contributed by atoms with Gasteiger partial charge in [0, 0.05) is 38.5 Å². The van der Waals surface area contributed by atoms with Crippen LogP contribution < -0.4 is 0 Å². The Kier molecular flexibility index (Phi) is 5.65. The molecule has 0 atom stereocenters. The van der Waals surface area contributed by atoms with E-state index < -0.39 is 10.0 Å². The van der Waals surface area contributed by atoms with E-state index in [0.717, 1.165) is 10.8 Å². The van der Waals surface area contributed by atoms with Gasteiger partial charge in [-0.3, -0.25) is 9.20 Å². The fourth-order valence-electron chi connectivity index (χ4n) is 4.02. The van der Waals surface area contributed by atoms with Crippen LogP contribution in [0.2, 0.25) is 5.15 Å². The molecule has 2 aromatic heterocycles. The molecule has 0 N–H and O–H groups in total. The number of benzene rings is 2. The highest BCUT2D eigenvalue weighted by Crippen LogP contribution is 2.23. The van der Waals surface area contributed by atoms with E-state index >= 15 is 0 Å². The number of nitrogens with zero attached hydrogens (tertiary/aromatic N) is 4. The van der Waals surface area contributed by atoms with Gasteiger partial charge in [-0.25, -0.2) is 13.4 Å². The Balaban J connectivity index is 1.27. The number of amides is 1. The molecule has 0 bridgehead atoms. The van der Waals surface area contributed by atoms with E-state index in [4.69, 9.17) is 11.6 Å². The summed E-state index contributed by atoms with van der Waals surface area (Å²) in [5.41, 5.74) is 1.32. The monoisotopic (exact) mass is 480 g/mol. The molecular formula is C24H21ClN4O3S. The largest absolute Gasteiger partial charge is 0.337 e. The van der Waals surface area contributed by atoms with Crippen molar-refractivity contribution in [3.05, 3.63) is 83.8 Å². The van der Waals surface area contributed by atoms with Gasteiger partial charge in [-0.15, -0.1) is 0 Å². The fraction of sp³-hybridized carbons (Fsp3) is 0.167. The standard InChI is InChI=1S/C24H21ClN4O3S/c25-24-21(29-12-4-3-7-22(29)26-24)10-11-23(30)27-13-15-28(16-14-27)33(31,32)20-9-8-18-5-1-2-6-19(18)17-20/h1-12,17H,13-16H2/b11-10+. The number of sulfonamides is 1. The molecule has 0 saturated carbocycles. The third-order valence-electron chi connectivity index (χ3n) is 5.81. The van der Waals surface area contributed by atoms with Gasteiger partial charge >= 0.3 is 0 Å². The van der Waals surface area contributed by atoms with Crippen molar-refractivity contribution in [2.45, 2.75) is 4.90 Å². The van der Waals surface area contributed by atoms with Gasteiger partial charge < -0.3 is 4.90 Å². The maximum Gasteiger partial charge on any atom is 0.246 e. The summed E-state index contributed by atoms with van der Waals surface area (Å²) in [5.74, 6) is -0.195. The van der Waals surface area contributed by atoms with E-state index in [9.17, 15) is 13.2 Å². The molecule has 168 valence electrons. The highest BCUT2D eigenvalue weighted by atomic mass is 35.5. The minimum Gasteiger partial charge on any atom is -0.337 e. The molecule has 1 saturated heterocycles. The molecule has 0 aliphatic carbocycles. The Morgan fingerprint density at radius 3 is 2.45 bits per heavy atom. The molecule has 33 heavy (non-hydrogen) atoms. The van der Waals surface area contributed by atoms with Crippen molar-refractivity contribution in [1.82, 2.24) is 18.6 Å². The molecule has 1 aliphatic rings. The van der Waals surface area contributed by atoms with Crippen molar-refractivity contribution in [3.63, 3.8) is 0 Å². The second-order valence-electron chi connectivity index (χ2n) is 7.79. The molecule has 0 spiro atoms. The normalized spacial score (nSPS) is 15.6. The first-order chi connectivity index (χ1) is 15.9. The van der Waals surface area contributed by atoms with Crippen LogP contribution in [0.3, 0.4) is 0 Å². The summed E-state index contributed by atoms with van der Waals surface area (Å²) in [6.45, 7) is 1.12. The van der Waals surface area contributed by atoms with Crippen LogP contribution in [0.4, 0.5) is 0 Å². The molecule has 3 heterocycles. The average Bonchev–Trinajstić information content (AvgIpc) is 3.17. The number of fused-ring (bicyclic) bond motifs is 2. The number of halogens is 1. The van der Waals surface area contributed by atoms with Crippen molar-refractivity contribution in [2.75, 3.05) is 26.2 Å². The first-order valence-corrected chi connectivity index (χ1v) is 12.3. The third kappa shape index (κ3) is 4.13. The van der Waals surface area contributed by atoms with Crippen LogP contribution in [-0.2, 0) is 14.8 Å². The molecule has 4 aromatic rings. The van der Waals surface area contributed by atoms with Crippen molar-refractivity contribution < 1.29 is 13.2 Å². The number of hydrogen-bond acceptors (Lipinski definition) is 4. The third-order valence-corrected chi connectivity index (χ3v) is 7.99. The summed E-state index contributed by atoms with van der Waals surface area (Å²) in [7, 11) is -3.63. The number of piperazine rings is 1. The summed E-state index contributed by atoms with van der Waals surface area (Å²) < 4.78 is 29.5. The highest BCUT2D eigenvalue weighted by molar-refractivity contribution is 7.89.